The van der Waals surface area contributed by atoms with Gasteiger partial charge in [0.05, 0.1) is 12.2 Å². The summed E-state index contributed by atoms with van der Waals surface area (Å²) in [4.78, 5) is 0. The summed E-state index contributed by atoms with van der Waals surface area (Å²) in [5, 5.41) is 21.1. The second-order valence-electron chi connectivity index (χ2n) is 11.0. The van der Waals surface area contributed by atoms with Gasteiger partial charge in [-0.1, -0.05) is 76.8 Å². The average Bonchev–Trinajstić information content (AvgIpc) is 2.92. The van der Waals surface area contributed by atoms with Crippen LogP contribution in [0, 0.1) is 29.1 Å². The Morgan fingerprint density at radius 1 is 1.14 bits per heavy atom. The number of rotatable bonds is 6. The summed E-state index contributed by atoms with van der Waals surface area (Å²) in [5.41, 5.74) is 4.16. The molecule has 2 N–H and O–H groups in total. The molecule has 164 valence electrons. The zero-order chi connectivity index (χ0) is 21.2. The van der Waals surface area contributed by atoms with Crippen molar-refractivity contribution in [1.82, 2.24) is 0 Å². The van der Waals surface area contributed by atoms with Crippen LogP contribution in [0.3, 0.4) is 0 Å². The first kappa shape index (κ1) is 22.8. The summed E-state index contributed by atoms with van der Waals surface area (Å²) >= 11 is 0. The second-order valence-corrected chi connectivity index (χ2v) is 11.0. The van der Waals surface area contributed by atoms with E-state index in [1.807, 2.05) is 0 Å². The minimum Gasteiger partial charge on any atom is -0.393 e. The van der Waals surface area contributed by atoms with E-state index >= 15 is 0 Å². The van der Waals surface area contributed by atoms with Gasteiger partial charge in [0.2, 0.25) is 0 Å². The van der Waals surface area contributed by atoms with Gasteiger partial charge in [-0.2, -0.15) is 0 Å². The van der Waals surface area contributed by atoms with E-state index in [-0.39, 0.29) is 17.6 Å². The van der Waals surface area contributed by atoms with Gasteiger partial charge < -0.3 is 10.2 Å². The zero-order valence-corrected chi connectivity index (χ0v) is 19.3. The van der Waals surface area contributed by atoms with Crippen molar-refractivity contribution < 1.29 is 10.2 Å². The normalized spacial score (nSPS) is 39.3. The highest BCUT2D eigenvalue weighted by molar-refractivity contribution is 5.36. The van der Waals surface area contributed by atoms with Crippen molar-refractivity contribution in [1.29, 1.82) is 0 Å². The Balaban J connectivity index is 1.75. The van der Waals surface area contributed by atoms with Gasteiger partial charge >= 0.3 is 0 Å². The first-order valence-corrected chi connectivity index (χ1v) is 12.2. The Labute approximate surface area is 179 Å². The van der Waals surface area contributed by atoms with E-state index in [9.17, 15) is 10.2 Å². The van der Waals surface area contributed by atoms with Gasteiger partial charge in [-0.05, 0) is 79.6 Å². The molecule has 3 aliphatic carbocycles. The van der Waals surface area contributed by atoms with E-state index < -0.39 is 0 Å². The fraction of sp³-hybridized carbons (Fsp3) is 0.778. The van der Waals surface area contributed by atoms with Crippen LogP contribution in [-0.2, 0) is 0 Å². The maximum Gasteiger partial charge on any atom is 0.0583 e. The molecule has 0 saturated heterocycles. The van der Waals surface area contributed by atoms with Gasteiger partial charge in [0.25, 0.3) is 0 Å². The number of aliphatic hydroxyl groups is 2. The highest BCUT2D eigenvalue weighted by Crippen LogP contribution is 2.60. The molecule has 6 atom stereocenters. The SMILES string of the molecule is C=C1CCC(O)C/C1=C/C=C1\CCCC2(C)C1CC(O)C2C(C)CCCC(C)C. The molecule has 29 heavy (non-hydrogen) atoms. The van der Waals surface area contributed by atoms with Crippen molar-refractivity contribution in [3.05, 3.63) is 35.5 Å². The second kappa shape index (κ2) is 9.52. The van der Waals surface area contributed by atoms with Crippen molar-refractivity contribution >= 4 is 0 Å². The topological polar surface area (TPSA) is 40.5 Å². The average molecular weight is 401 g/mol. The molecular formula is C27H44O2. The summed E-state index contributed by atoms with van der Waals surface area (Å²) < 4.78 is 0. The summed E-state index contributed by atoms with van der Waals surface area (Å²) in [6.45, 7) is 13.7. The number of aliphatic hydroxyl groups excluding tert-OH is 2. The first-order valence-electron chi connectivity index (χ1n) is 12.2. The molecule has 0 aliphatic heterocycles. The van der Waals surface area contributed by atoms with Gasteiger partial charge in [-0.25, -0.2) is 0 Å². The van der Waals surface area contributed by atoms with E-state index in [0.29, 0.717) is 17.8 Å². The lowest BCUT2D eigenvalue weighted by molar-refractivity contribution is 0.0267. The lowest BCUT2D eigenvalue weighted by atomic mass is 9.60. The molecule has 6 unspecified atom stereocenters. The van der Waals surface area contributed by atoms with Crippen molar-refractivity contribution in [2.24, 2.45) is 29.1 Å². The third-order valence-electron chi connectivity index (χ3n) is 8.32. The Bertz CT molecular complexity index is 643. The largest absolute Gasteiger partial charge is 0.393 e. The molecule has 2 nitrogen and oxygen atoms in total. The van der Waals surface area contributed by atoms with Crippen LogP contribution in [0.1, 0.15) is 91.9 Å². The highest BCUT2D eigenvalue weighted by atomic mass is 16.3. The van der Waals surface area contributed by atoms with E-state index in [1.165, 1.54) is 48.8 Å². The fourth-order valence-electron chi connectivity index (χ4n) is 6.74. The van der Waals surface area contributed by atoms with Crippen molar-refractivity contribution in [3.8, 4) is 0 Å². The highest BCUT2D eigenvalue weighted by Gasteiger charge is 2.54. The Morgan fingerprint density at radius 2 is 1.90 bits per heavy atom. The molecule has 0 amide bonds. The third kappa shape index (κ3) is 5.07. The Hall–Kier alpha value is -0.860. The predicted octanol–water partition coefficient (Wildman–Crippen LogP) is 6.59. The lowest BCUT2D eigenvalue weighted by Crippen LogP contribution is -2.38. The zero-order valence-electron chi connectivity index (χ0n) is 19.3. The standard InChI is InChI=1S/C27H44O2/c1-18(2)8-6-9-20(4)26-25(29)17-24-21(10-7-15-27(24,26)5)12-13-22-16-23(28)14-11-19(22)3/h12-13,18,20,23-26,28-29H,3,6-11,14-17H2,1-2,4-5H3/b21-12+,22-13-. The van der Waals surface area contributed by atoms with Gasteiger partial charge in [-0.15, -0.1) is 0 Å². The van der Waals surface area contributed by atoms with Gasteiger partial charge in [0, 0.05) is 0 Å². The third-order valence-corrected chi connectivity index (χ3v) is 8.32. The van der Waals surface area contributed by atoms with Crippen LogP contribution >= 0.6 is 0 Å². The molecular weight excluding hydrogens is 356 g/mol. The number of hydrogen-bond acceptors (Lipinski definition) is 2. The van der Waals surface area contributed by atoms with E-state index in [2.05, 4.69) is 46.4 Å². The molecule has 0 bridgehead atoms. The number of allylic oxidation sites excluding steroid dienone is 4. The summed E-state index contributed by atoms with van der Waals surface area (Å²) in [5.74, 6) is 2.28. The van der Waals surface area contributed by atoms with Crippen LogP contribution in [0.5, 0.6) is 0 Å². The van der Waals surface area contributed by atoms with E-state index in [0.717, 1.165) is 38.0 Å². The van der Waals surface area contributed by atoms with Crippen molar-refractivity contribution in [3.63, 3.8) is 0 Å². The molecule has 0 heterocycles. The summed E-state index contributed by atoms with van der Waals surface area (Å²) in [7, 11) is 0. The monoisotopic (exact) mass is 400 g/mol. The molecule has 0 aromatic heterocycles. The molecule has 3 aliphatic rings. The molecule has 3 fully saturated rings. The molecule has 0 aromatic rings. The van der Waals surface area contributed by atoms with E-state index in [1.54, 1.807) is 0 Å². The maximum atomic E-state index is 11.1. The smallest absolute Gasteiger partial charge is 0.0583 e. The quantitative estimate of drug-likeness (QED) is 0.528. The van der Waals surface area contributed by atoms with Crippen molar-refractivity contribution in [2.75, 3.05) is 0 Å². The predicted molar refractivity (Wildman–Crippen MR) is 123 cm³/mol. The summed E-state index contributed by atoms with van der Waals surface area (Å²) in [6.07, 6.45) is 15.0. The number of fused-ring (bicyclic) bond motifs is 1. The lowest BCUT2D eigenvalue weighted by Gasteiger charge is -2.44. The number of hydrogen-bond donors (Lipinski definition) is 2. The minimum atomic E-state index is -0.217. The fourth-order valence-corrected chi connectivity index (χ4v) is 6.74. The van der Waals surface area contributed by atoms with Crippen LogP contribution < -0.4 is 0 Å². The van der Waals surface area contributed by atoms with Gasteiger partial charge in [0.1, 0.15) is 0 Å². The van der Waals surface area contributed by atoms with Gasteiger partial charge in [-0.3, -0.25) is 0 Å². The molecule has 0 aromatic carbocycles. The minimum absolute atomic E-state index is 0.167. The van der Waals surface area contributed by atoms with Crippen LogP contribution in [0.25, 0.3) is 0 Å². The van der Waals surface area contributed by atoms with Crippen LogP contribution in [0.4, 0.5) is 0 Å². The van der Waals surface area contributed by atoms with Crippen LogP contribution in [0.2, 0.25) is 0 Å². The van der Waals surface area contributed by atoms with E-state index in [4.69, 9.17) is 0 Å². The maximum absolute atomic E-state index is 11.1. The molecule has 3 saturated carbocycles. The molecule has 3 rings (SSSR count). The van der Waals surface area contributed by atoms with Crippen LogP contribution in [-0.4, -0.2) is 22.4 Å². The van der Waals surface area contributed by atoms with Gasteiger partial charge in [0.15, 0.2) is 0 Å². The molecule has 0 spiro atoms. The van der Waals surface area contributed by atoms with Crippen molar-refractivity contribution in [2.45, 2.75) is 104 Å². The molecule has 0 radical (unpaired) electrons. The van der Waals surface area contributed by atoms with Crippen LogP contribution in [0.15, 0.2) is 35.5 Å². The Morgan fingerprint density at radius 3 is 2.62 bits per heavy atom. The Kier molecular flexibility index (Phi) is 7.49. The molecule has 2 heteroatoms. The summed E-state index contributed by atoms with van der Waals surface area (Å²) in [6, 6.07) is 0. The first-order chi connectivity index (χ1) is 13.7.